The summed E-state index contributed by atoms with van der Waals surface area (Å²) < 4.78 is 68.7. The number of hydrogen-bond acceptors (Lipinski definition) is 15. The number of aliphatic hydroxyl groups is 1. The monoisotopic (exact) mass is 1490 g/mol. The maximum absolute atomic E-state index is 13.1. The second-order valence-corrected chi connectivity index (χ2v) is 33.5. The van der Waals surface area contributed by atoms with Crippen LogP contribution in [0.15, 0.2) is 0 Å². The van der Waals surface area contributed by atoms with Gasteiger partial charge in [-0.05, 0) is 37.5 Å². The summed E-state index contributed by atoms with van der Waals surface area (Å²) in [6, 6.07) is 0. The number of unbranched alkanes of at least 4 members (excludes halogenated alkanes) is 51. The fourth-order valence-electron chi connectivity index (χ4n) is 12.9. The normalized spacial score (nSPS) is 14.1. The lowest BCUT2D eigenvalue weighted by molar-refractivity contribution is -0.161. The van der Waals surface area contributed by atoms with Crippen molar-refractivity contribution >= 4 is 39.5 Å². The van der Waals surface area contributed by atoms with Crippen LogP contribution < -0.4 is 0 Å². The Morgan fingerprint density at radius 2 is 0.500 bits per heavy atom. The van der Waals surface area contributed by atoms with Gasteiger partial charge in [0.1, 0.15) is 19.3 Å². The van der Waals surface area contributed by atoms with Crippen LogP contribution in [0.5, 0.6) is 0 Å². The maximum atomic E-state index is 13.1. The van der Waals surface area contributed by atoms with Gasteiger partial charge in [0.25, 0.3) is 0 Å². The van der Waals surface area contributed by atoms with Crippen molar-refractivity contribution in [3.63, 3.8) is 0 Å². The molecule has 0 aromatic rings. The first-order valence-electron chi connectivity index (χ1n) is 43.0. The van der Waals surface area contributed by atoms with Gasteiger partial charge >= 0.3 is 39.5 Å². The number of ether oxygens (including phenoxy) is 4. The van der Waals surface area contributed by atoms with Crippen molar-refractivity contribution in [2.75, 3.05) is 39.6 Å². The van der Waals surface area contributed by atoms with Crippen LogP contribution in [-0.4, -0.2) is 96.7 Å². The standard InChI is InChI=1S/C83H162O17P2/c1-7-10-12-14-16-18-19-20-21-22-23-24-25-26-27-28-33-38-43-49-55-61-67-82(87)100-79(72-94-81(86)66-60-54-48-42-37-32-30-29-31-36-41-46-52-58-64-76(6)9-3)74-98-102(91,92)96-70-77(84)69-95-101(89,90)97-73-78(71-93-80(85)65-59-53-47-17-15-13-11-8-2)99-83(88)68-62-56-50-44-39-34-35-40-45-51-57-63-75(4)5/h75-79,84H,7-74H2,1-6H3,(H,89,90)(H,91,92)/t76?,77-,78+,79+/m0/s1. The lowest BCUT2D eigenvalue weighted by atomic mass is 9.99. The second-order valence-electron chi connectivity index (χ2n) is 30.6. The molecule has 0 amide bonds. The zero-order chi connectivity index (χ0) is 74.9. The number of carbonyl (C=O) groups is 4. The third kappa shape index (κ3) is 74.9. The summed E-state index contributed by atoms with van der Waals surface area (Å²) in [6.45, 7) is 9.67. The quantitative estimate of drug-likeness (QED) is 0.0222. The Kier molecular flexibility index (Phi) is 73.1. The van der Waals surface area contributed by atoms with E-state index in [1.165, 1.54) is 250 Å². The molecule has 0 saturated heterocycles. The van der Waals surface area contributed by atoms with Gasteiger partial charge in [-0.25, -0.2) is 9.13 Å². The molecule has 0 aromatic carbocycles. The van der Waals surface area contributed by atoms with Gasteiger partial charge in [0.15, 0.2) is 12.2 Å². The molecule has 0 aliphatic carbocycles. The minimum absolute atomic E-state index is 0.107. The molecular weight excluding hydrogens is 1330 g/mol. The number of esters is 4. The van der Waals surface area contributed by atoms with Gasteiger partial charge in [0.2, 0.25) is 0 Å². The molecule has 3 N–H and O–H groups in total. The molecule has 0 bridgehead atoms. The van der Waals surface area contributed by atoms with E-state index in [9.17, 15) is 43.2 Å². The molecule has 0 spiro atoms. The molecule has 0 radical (unpaired) electrons. The molecule has 0 aliphatic heterocycles. The van der Waals surface area contributed by atoms with Crippen molar-refractivity contribution < 1.29 is 80.2 Å². The SMILES string of the molecule is CCCCCCCCCCCCCCCCCCCCCCCCC(=O)O[C@H](COC(=O)CCCCCCCCCCCCCCCCC(C)CC)COP(=O)(O)OC[C@@H](O)COP(=O)(O)OC[C@@H](COC(=O)CCCCCCCCCC)OC(=O)CCCCCCCCCCCCCC(C)C. The van der Waals surface area contributed by atoms with Crippen LogP contribution in [0.3, 0.4) is 0 Å². The predicted octanol–water partition coefficient (Wildman–Crippen LogP) is 25.1. The Balaban J connectivity index is 5.18. The minimum atomic E-state index is -4.96. The van der Waals surface area contributed by atoms with E-state index in [0.717, 1.165) is 108 Å². The van der Waals surface area contributed by atoms with E-state index in [1.807, 2.05) is 0 Å². The van der Waals surface area contributed by atoms with E-state index in [0.29, 0.717) is 25.7 Å². The topological polar surface area (TPSA) is 237 Å². The van der Waals surface area contributed by atoms with Crippen LogP contribution in [-0.2, 0) is 65.4 Å². The molecule has 0 fully saturated rings. The van der Waals surface area contributed by atoms with E-state index in [-0.39, 0.29) is 25.7 Å². The Hall–Kier alpha value is -1.94. The van der Waals surface area contributed by atoms with E-state index < -0.39 is 97.5 Å². The highest BCUT2D eigenvalue weighted by atomic mass is 31.2. The van der Waals surface area contributed by atoms with Gasteiger partial charge in [-0.1, -0.05) is 388 Å². The highest BCUT2D eigenvalue weighted by Gasteiger charge is 2.30. The zero-order valence-electron chi connectivity index (χ0n) is 66.9. The van der Waals surface area contributed by atoms with E-state index in [2.05, 4.69) is 41.5 Å². The molecule has 0 heterocycles. The molecule has 17 nitrogen and oxygen atoms in total. The molecule has 0 aliphatic rings. The number of phosphoric ester groups is 2. The first-order chi connectivity index (χ1) is 49.4. The van der Waals surface area contributed by atoms with Crippen LogP contribution >= 0.6 is 15.6 Å². The van der Waals surface area contributed by atoms with Gasteiger partial charge in [-0.2, -0.15) is 0 Å². The molecule has 6 atom stereocenters. The lowest BCUT2D eigenvalue weighted by Gasteiger charge is -2.21. The van der Waals surface area contributed by atoms with Gasteiger partial charge in [-0.15, -0.1) is 0 Å². The van der Waals surface area contributed by atoms with Gasteiger partial charge in [-0.3, -0.25) is 37.3 Å². The Morgan fingerprint density at radius 1 is 0.284 bits per heavy atom. The fourth-order valence-corrected chi connectivity index (χ4v) is 14.4. The third-order valence-corrected chi connectivity index (χ3v) is 21.7. The van der Waals surface area contributed by atoms with Gasteiger partial charge < -0.3 is 33.8 Å². The summed E-state index contributed by atoms with van der Waals surface area (Å²) in [7, 11) is -9.92. The molecule has 102 heavy (non-hydrogen) atoms. The second kappa shape index (κ2) is 74.5. The fraction of sp³-hybridized carbons (Fsp3) is 0.952. The smallest absolute Gasteiger partial charge is 0.462 e. The summed E-state index contributed by atoms with van der Waals surface area (Å²) in [4.78, 5) is 73.0. The van der Waals surface area contributed by atoms with Crippen molar-refractivity contribution in [2.24, 2.45) is 11.8 Å². The zero-order valence-corrected chi connectivity index (χ0v) is 68.7. The largest absolute Gasteiger partial charge is 0.472 e. The first kappa shape index (κ1) is 100. The molecule has 0 aromatic heterocycles. The summed E-state index contributed by atoms with van der Waals surface area (Å²) in [5.41, 5.74) is 0. The summed E-state index contributed by atoms with van der Waals surface area (Å²) in [5, 5.41) is 10.6. The number of carbonyl (C=O) groups excluding carboxylic acids is 4. The molecule has 19 heteroatoms. The number of hydrogen-bond donors (Lipinski definition) is 3. The number of aliphatic hydroxyl groups excluding tert-OH is 1. The maximum Gasteiger partial charge on any atom is 0.472 e. The minimum Gasteiger partial charge on any atom is -0.462 e. The van der Waals surface area contributed by atoms with Gasteiger partial charge in [0.05, 0.1) is 26.4 Å². The number of phosphoric acid groups is 2. The summed E-state index contributed by atoms with van der Waals surface area (Å²) in [6.07, 6.45) is 65.4. The van der Waals surface area contributed by atoms with Gasteiger partial charge in [0, 0.05) is 25.7 Å². The van der Waals surface area contributed by atoms with E-state index in [4.69, 9.17) is 37.0 Å². The first-order valence-corrected chi connectivity index (χ1v) is 46.0. The van der Waals surface area contributed by atoms with Crippen LogP contribution in [0, 0.1) is 11.8 Å². The Morgan fingerprint density at radius 3 is 0.745 bits per heavy atom. The predicted molar refractivity (Wildman–Crippen MR) is 418 cm³/mol. The van der Waals surface area contributed by atoms with Crippen LogP contribution in [0.4, 0.5) is 0 Å². The summed E-state index contributed by atoms with van der Waals surface area (Å²) in [5.74, 6) is -0.495. The van der Waals surface area contributed by atoms with Crippen molar-refractivity contribution in [1.82, 2.24) is 0 Å². The summed E-state index contributed by atoms with van der Waals surface area (Å²) >= 11 is 0. The van der Waals surface area contributed by atoms with Crippen molar-refractivity contribution in [2.45, 2.75) is 458 Å². The van der Waals surface area contributed by atoms with Crippen molar-refractivity contribution in [1.29, 1.82) is 0 Å². The average molecular weight is 1490 g/mol. The van der Waals surface area contributed by atoms with Crippen LogP contribution in [0.2, 0.25) is 0 Å². The van der Waals surface area contributed by atoms with Crippen molar-refractivity contribution in [3.05, 3.63) is 0 Å². The molecule has 0 rings (SSSR count). The Labute approximate surface area is 626 Å². The van der Waals surface area contributed by atoms with E-state index in [1.54, 1.807) is 0 Å². The molecule has 0 saturated carbocycles. The average Bonchev–Trinajstić information content (AvgIpc) is 0.919. The van der Waals surface area contributed by atoms with Crippen molar-refractivity contribution in [3.8, 4) is 0 Å². The molecule has 606 valence electrons. The highest BCUT2D eigenvalue weighted by molar-refractivity contribution is 7.47. The third-order valence-electron chi connectivity index (χ3n) is 19.8. The lowest BCUT2D eigenvalue weighted by Crippen LogP contribution is -2.30. The highest BCUT2D eigenvalue weighted by Crippen LogP contribution is 2.45. The number of rotatable bonds is 82. The van der Waals surface area contributed by atoms with E-state index >= 15 is 0 Å². The van der Waals surface area contributed by atoms with Crippen LogP contribution in [0.1, 0.15) is 440 Å². The Bertz CT molecular complexity index is 1960. The van der Waals surface area contributed by atoms with Crippen LogP contribution in [0.25, 0.3) is 0 Å². The molecule has 3 unspecified atom stereocenters. The molecular formula is C83H162O17P2.